The number of unbranched alkanes of at least 4 members (excludes halogenated alkanes) is 1. The Hall–Kier alpha value is -2.34. The van der Waals surface area contributed by atoms with Crippen molar-refractivity contribution in [3.63, 3.8) is 0 Å². The summed E-state index contributed by atoms with van der Waals surface area (Å²) >= 11 is 0. The number of carbonyl (C=O) groups is 4. The van der Waals surface area contributed by atoms with Gasteiger partial charge in [-0.2, -0.15) is 0 Å². The Balaban J connectivity index is 0. The monoisotopic (exact) mass is 484 g/mol. The van der Waals surface area contributed by atoms with E-state index in [-0.39, 0.29) is 30.2 Å². The van der Waals surface area contributed by atoms with E-state index in [4.69, 9.17) is 0 Å². The van der Waals surface area contributed by atoms with Crippen LogP contribution in [0.2, 0.25) is 0 Å². The molecule has 31 heavy (non-hydrogen) atoms. The Morgan fingerprint density at radius 2 is 1.19 bits per heavy atom. The molecule has 0 unspecified atom stereocenters. The van der Waals surface area contributed by atoms with Crippen LogP contribution in [-0.2, 0) is 36.2 Å². The van der Waals surface area contributed by atoms with Crippen molar-refractivity contribution < 1.29 is 56.7 Å². The summed E-state index contributed by atoms with van der Waals surface area (Å²) in [5.74, 6) is -6.12. The minimum atomic E-state index is -1.53. The van der Waals surface area contributed by atoms with Crippen LogP contribution in [0.3, 0.4) is 0 Å². The first-order chi connectivity index (χ1) is 14.0. The molecule has 1 heterocycles. The normalized spacial score (nSPS) is 12.4. The van der Waals surface area contributed by atoms with Crippen molar-refractivity contribution in [3.8, 4) is 0 Å². The maximum absolute atomic E-state index is 10.4. The average Bonchev–Trinajstić information content (AvgIpc) is 3.01. The Kier molecular flexibility index (Phi) is 17.3. The van der Waals surface area contributed by atoms with E-state index in [1.807, 2.05) is 0 Å². The van der Waals surface area contributed by atoms with Gasteiger partial charge in [-0.05, 0) is 6.42 Å². The molecular weight excluding hydrogens is 456 g/mol. The van der Waals surface area contributed by atoms with Gasteiger partial charge in [0.15, 0.2) is 0 Å². The van der Waals surface area contributed by atoms with Crippen LogP contribution in [-0.4, -0.2) is 103 Å². The molecule has 0 saturated carbocycles. The zero-order valence-electron chi connectivity index (χ0n) is 17.6. The Morgan fingerprint density at radius 1 is 0.806 bits per heavy atom. The smallest absolute Gasteiger partial charge is 0.549 e. The van der Waals surface area contributed by atoms with Crippen molar-refractivity contribution in [2.24, 2.45) is 0 Å². The molecule has 0 amide bonds. The predicted octanol–water partition coefficient (Wildman–Crippen LogP) is -5.95. The van der Waals surface area contributed by atoms with Crippen molar-refractivity contribution >= 4 is 23.9 Å². The van der Waals surface area contributed by atoms with Gasteiger partial charge in [-0.3, -0.25) is 9.80 Å². The van der Waals surface area contributed by atoms with Gasteiger partial charge in [0.05, 0.1) is 30.5 Å². The largest absolute Gasteiger partial charge is 4.00 e. The molecule has 0 N–H and O–H groups in total. The van der Waals surface area contributed by atoms with Gasteiger partial charge in [0, 0.05) is 65.3 Å². The van der Waals surface area contributed by atoms with Gasteiger partial charge >= 0.3 is 17.1 Å². The summed E-state index contributed by atoms with van der Waals surface area (Å²) in [6.07, 6.45) is 6.87. The SMILES string of the molecule is CCCCN1C=CN(C)C1.O=C([O-])CN(CCN(CC(=O)[O-])CC(=O)[O-])CC(=O)[O-].[Fe+4]. The molecule has 0 saturated heterocycles. The van der Waals surface area contributed by atoms with Crippen LogP contribution >= 0.6 is 0 Å². The van der Waals surface area contributed by atoms with Crippen LogP contribution in [0.4, 0.5) is 0 Å². The molecule has 1 aliphatic heterocycles. The molecule has 1 aliphatic rings. The van der Waals surface area contributed by atoms with Gasteiger partial charge in [0.2, 0.25) is 0 Å². The molecule has 176 valence electrons. The van der Waals surface area contributed by atoms with Gasteiger partial charge < -0.3 is 49.4 Å². The van der Waals surface area contributed by atoms with Gasteiger partial charge in [0.1, 0.15) is 0 Å². The molecule has 0 radical (unpaired) electrons. The molecule has 1 rings (SSSR count). The maximum atomic E-state index is 10.4. The van der Waals surface area contributed by atoms with E-state index in [0.29, 0.717) is 0 Å². The van der Waals surface area contributed by atoms with E-state index < -0.39 is 50.1 Å². The summed E-state index contributed by atoms with van der Waals surface area (Å²) in [6.45, 7) is 1.25. The predicted molar refractivity (Wildman–Crippen MR) is 96.3 cm³/mol. The van der Waals surface area contributed by atoms with Gasteiger partial charge in [-0.25, -0.2) is 0 Å². The maximum Gasteiger partial charge on any atom is 4.00 e. The second-order valence-electron chi connectivity index (χ2n) is 6.77. The Morgan fingerprint density at radius 3 is 1.45 bits per heavy atom. The molecule has 12 nitrogen and oxygen atoms in total. The zero-order valence-corrected chi connectivity index (χ0v) is 18.7. The minimum Gasteiger partial charge on any atom is -0.549 e. The second-order valence-corrected chi connectivity index (χ2v) is 6.77. The minimum absolute atomic E-state index is 0. The number of carboxylic acids is 4. The first-order valence-electron chi connectivity index (χ1n) is 9.40. The standard InChI is InChI=1S/C10H16N2O8.C8H16N2.Fe/c13-7(14)3-11(4-8(15)16)1-2-12(5-9(17)18)6-10(19)20;1-3-4-5-10-7-6-9(2)8-10;/h1-6H2,(H,13,14)(H,15,16)(H,17,18)(H,19,20);6-7H,3-5,8H2,1-2H3;/q;;+4/p-4. The number of hydrogen-bond donors (Lipinski definition) is 0. The van der Waals surface area contributed by atoms with E-state index >= 15 is 0 Å². The fourth-order valence-electron chi connectivity index (χ4n) is 2.54. The van der Waals surface area contributed by atoms with Gasteiger partial charge in [-0.1, -0.05) is 13.3 Å². The van der Waals surface area contributed by atoms with Gasteiger partial charge in [-0.15, -0.1) is 0 Å². The zero-order chi connectivity index (χ0) is 23.1. The third-order valence-electron chi connectivity index (χ3n) is 3.88. The number of hydrogen-bond acceptors (Lipinski definition) is 12. The van der Waals surface area contributed by atoms with E-state index in [9.17, 15) is 39.6 Å². The second kappa shape index (κ2) is 17.4. The molecule has 0 aromatic carbocycles. The van der Waals surface area contributed by atoms with Gasteiger partial charge in [0.25, 0.3) is 0 Å². The molecule has 0 spiro atoms. The van der Waals surface area contributed by atoms with Crippen molar-refractivity contribution in [2.45, 2.75) is 19.8 Å². The van der Waals surface area contributed by atoms with E-state index in [0.717, 1.165) is 16.5 Å². The number of nitrogens with zero attached hydrogens (tertiary/aromatic N) is 4. The number of carbonyl (C=O) groups excluding carboxylic acids is 4. The molecular formula is C18H28FeN4O8. The van der Waals surface area contributed by atoms with Crippen LogP contribution in [0.15, 0.2) is 12.4 Å². The summed E-state index contributed by atoms with van der Waals surface area (Å²) in [7, 11) is 2.10. The fraction of sp³-hybridized carbons (Fsp3) is 0.667. The molecule has 0 aromatic rings. The van der Waals surface area contributed by atoms with E-state index in [1.54, 1.807) is 0 Å². The van der Waals surface area contributed by atoms with Crippen molar-refractivity contribution in [3.05, 3.63) is 12.4 Å². The third kappa shape index (κ3) is 18.2. The molecule has 0 atom stereocenters. The number of aliphatic carboxylic acids is 4. The van der Waals surface area contributed by atoms with Crippen LogP contribution in [0, 0.1) is 0 Å². The first kappa shape index (κ1) is 30.8. The summed E-state index contributed by atoms with van der Waals surface area (Å²) < 4.78 is 0. The molecule has 13 heteroatoms. The molecule has 0 bridgehead atoms. The molecule has 0 fully saturated rings. The summed E-state index contributed by atoms with van der Waals surface area (Å²) in [4.78, 5) is 48.0. The van der Waals surface area contributed by atoms with Crippen LogP contribution in [0.25, 0.3) is 0 Å². The Labute approximate surface area is 192 Å². The number of carboxylic acid groups (broad SMARTS) is 4. The topological polar surface area (TPSA) is 173 Å². The number of rotatable bonds is 14. The van der Waals surface area contributed by atoms with E-state index in [1.165, 1.54) is 19.4 Å². The summed E-state index contributed by atoms with van der Waals surface area (Å²) in [6, 6.07) is 0. The van der Waals surface area contributed by atoms with Crippen LogP contribution in [0.5, 0.6) is 0 Å². The van der Waals surface area contributed by atoms with Crippen LogP contribution in [0.1, 0.15) is 19.8 Å². The third-order valence-corrected chi connectivity index (χ3v) is 3.88. The summed E-state index contributed by atoms with van der Waals surface area (Å²) in [5.41, 5.74) is 0. The quantitative estimate of drug-likeness (QED) is 0.214. The van der Waals surface area contributed by atoms with Crippen molar-refractivity contribution in [2.75, 3.05) is 59.5 Å². The Bertz CT molecular complexity index is 537. The first-order valence-corrected chi connectivity index (χ1v) is 9.40. The van der Waals surface area contributed by atoms with Crippen LogP contribution < -0.4 is 20.4 Å². The van der Waals surface area contributed by atoms with E-state index in [2.05, 4.69) is 36.2 Å². The fourth-order valence-corrected chi connectivity index (χ4v) is 2.54. The van der Waals surface area contributed by atoms with Crippen molar-refractivity contribution in [1.82, 2.24) is 19.6 Å². The molecule has 0 aliphatic carbocycles. The van der Waals surface area contributed by atoms with Crippen molar-refractivity contribution in [1.29, 1.82) is 0 Å². The average molecular weight is 484 g/mol. The molecule has 0 aromatic heterocycles. The summed E-state index contributed by atoms with van der Waals surface area (Å²) in [5, 5.41) is 41.6.